The third kappa shape index (κ3) is 3.79. The highest BCUT2D eigenvalue weighted by atomic mass is 16.7. The van der Waals surface area contributed by atoms with Crippen LogP contribution in [0.25, 0.3) is 0 Å². The van der Waals surface area contributed by atoms with Gasteiger partial charge in [0.25, 0.3) is 0 Å². The van der Waals surface area contributed by atoms with Crippen molar-refractivity contribution < 1.29 is 29.2 Å². The van der Waals surface area contributed by atoms with Crippen LogP contribution in [0.2, 0.25) is 0 Å². The molecule has 0 unspecified atom stereocenters. The van der Waals surface area contributed by atoms with Crippen LogP contribution in [-0.2, 0) is 18.9 Å². The first-order valence-corrected chi connectivity index (χ1v) is 9.36. The van der Waals surface area contributed by atoms with Gasteiger partial charge in [0.1, 0.15) is 0 Å². The molecule has 3 aliphatic rings. The first kappa shape index (κ1) is 18.5. The molecular weight excluding hydrogens is 312 g/mol. The quantitative estimate of drug-likeness (QED) is 0.792. The molecule has 6 nitrogen and oxygen atoms in total. The molecule has 0 aromatic rings. The van der Waals surface area contributed by atoms with Gasteiger partial charge in [-0.25, -0.2) is 0 Å². The second kappa shape index (κ2) is 7.56. The first-order valence-electron chi connectivity index (χ1n) is 9.36. The minimum atomic E-state index is -0.545. The van der Waals surface area contributed by atoms with Crippen LogP contribution in [0.4, 0.5) is 0 Å². The van der Waals surface area contributed by atoms with Crippen LogP contribution >= 0.6 is 0 Å². The summed E-state index contributed by atoms with van der Waals surface area (Å²) in [4.78, 5) is 0. The topological polar surface area (TPSA) is 77.4 Å². The van der Waals surface area contributed by atoms with Gasteiger partial charge in [-0.15, -0.1) is 0 Å². The monoisotopic (exact) mass is 344 g/mol. The van der Waals surface area contributed by atoms with Crippen molar-refractivity contribution >= 4 is 0 Å². The number of hydrogen-bond acceptors (Lipinski definition) is 6. The number of unbranched alkanes of at least 4 members (excludes halogenated alkanes) is 1. The van der Waals surface area contributed by atoms with Gasteiger partial charge >= 0.3 is 0 Å². The van der Waals surface area contributed by atoms with Gasteiger partial charge in [-0.2, -0.15) is 0 Å². The Morgan fingerprint density at radius 2 is 1.42 bits per heavy atom. The molecule has 1 aliphatic carbocycles. The summed E-state index contributed by atoms with van der Waals surface area (Å²) < 4.78 is 24.2. The minimum absolute atomic E-state index is 0.0810. The Morgan fingerprint density at radius 3 is 1.88 bits per heavy atom. The van der Waals surface area contributed by atoms with Crippen LogP contribution < -0.4 is 0 Å². The summed E-state index contributed by atoms with van der Waals surface area (Å²) in [6.45, 7) is 4.60. The van der Waals surface area contributed by atoms with Crippen LogP contribution in [0.5, 0.6) is 0 Å². The molecule has 2 spiro atoms. The fourth-order valence-electron chi connectivity index (χ4n) is 3.84. The van der Waals surface area contributed by atoms with E-state index < -0.39 is 11.6 Å². The summed E-state index contributed by atoms with van der Waals surface area (Å²) in [5.74, 6) is -0.994. The molecular formula is C18H32O6. The van der Waals surface area contributed by atoms with Crippen LogP contribution in [0.3, 0.4) is 0 Å². The molecule has 0 aromatic heterocycles. The largest absolute Gasteiger partial charge is 0.396 e. The number of aliphatic hydroxyl groups excluding tert-OH is 2. The molecule has 2 N–H and O–H groups in total. The normalized spacial score (nSPS) is 43.4. The van der Waals surface area contributed by atoms with E-state index >= 15 is 0 Å². The summed E-state index contributed by atoms with van der Waals surface area (Å²) in [5, 5.41) is 19.0. The molecule has 6 heteroatoms. The molecule has 2 saturated heterocycles. The van der Waals surface area contributed by atoms with Crippen molar-refractivity contribution in [3.63, 3.8) is 0 Å². The fraction of sp³-hybridized carbons (Fsp3) is 1.00. The predicted octanol–water partition coefficient (Wildman–Crippen LogP) is 1.82. The van der Waals surface area contributed by atoms with E-state index in [2.05, 4.69) is 6.92 Å². The maximum absolute atomic E-state index is 9.78. The van der Waals surface area contributed by atoms with Gasteiger partial charge in [0, 0.05) is 37.0 Å². The van der Waals surface area contributed by atoms with E-state index in [9.17, 15) is 10.2 Å². The Kier molecular flexibility index (Phi) is 5.84. The minimum Gasteiger partial charge on any atom is -0.396 e. The van der Waals surface area contributed by atoms with Gasteiger partial charge in [0.15, 0.2) is 11.6 Å². The zero-order valence-corrected chi connectivity index (χ0v) is 14.8. The van der Waals surface area contributed by atoms with Crippen LogP contribution in [0.1, 0.15) is 51.9 Å². The van der Waals surface area contributed by atoms with Crippen molar-refractivity contribution in [3.8, 4) is 0 Å². The molecule has 140 valence electrons. The van der Waals surface area contributed by atoms with Gasteiger partial charge in [0.05, 0.1) is 39.6 Å². The maximum atomic E-state index is 9.78. The smallest absolute Gasteiger partial charge is 0.168 e. The van der Waals surface area contributed by atoms with E-state index in [0.717, 1.165) is 44.9 Å². The highest BCUT2D eigenvalue weighted by Gasteiger charge is 2.51. The second-order valence-electron chi connectivity index (χ2n) is 7.83. The molecule has 2 heterocycles. The van der Waals surface area contributed by atoms with Crippen molar-refractivity contribution in [3.05, 3.63) is 0 Å². The summed E-state index contributed by atoms with van der Waals surface area (Å²) in [6, 6.07) is 0. The van der Waals surface area contributed by atoms with Gasteiger partial charge in [0.2, 0.25) is 0 Å². The summed E-state index contributed by atoms with van der Waals surface area (Å²) in [5.41, 5.74) is -0.247. The van der Waals surface area contributed by atoms with Gasteiger partial charge in [-0.3, -0.25) is 0 Å². The molecule has 1 saturated carbocycles. The lowest BCUT2D eigenvalue weighted by Gasteiger charge is -2.51. The van der Waals surface area contributed by atoms with E-state index in [4.69, 9.17) is 18.9 Å². The van der Waals surface area contributed by atoms with E-state index in [1.807, 2.05) is 0 Å². The molecule has 3 fully saturated rings. The van der Waals surface area contributed by atoms with E-state index in [-0.39, 0.29) is 24.5 Å². The molecule has 0 radical (unpaired) electrons. The average Bonchev–Trinajstić information content (AvgIpc) is 2.65. The molecule has 0 atom stereocenters. The molecule has 0 amide bonds. The van der Waals surface area contributed by atoms with E-state index in [1.54, 1.807) is 0 Å². The first-order chi connectivity index (χ1) is 11.6. The van der Waals surface area contributed by atoms with Crippen molar-refractivity contribution in [1.82, 2.24) is 0 Å². The lowest BCUT2D eigenvalue weighted by molar-refractivity contribution is -0.363. The Balaban J connectivity index is 1.52. The lowest BCUT2D eigenvalue weighted by Crippen LogP contribution is -2.57. The third-order valence-corrected chi connectivity index (χ3v) is 5.87. The molecule has 0 bridgehead atoms. The summed E-state index contributed by atoms with van der Waals surface area (Å²) in [6.07, 6.45) is 6.10. The van der Waals surface area contributed by atoms with Crippen LogP contribution in [0.15, 0.2) is 0 Å². The SMILES string of the molecule is CCCCC1(CO)COC2(CCC3(CC2)OCC(CO)CO3)OC1. The lowest BCUT2D eigenvalue weighted by atomic mass is 9.82. The van der Waals surface area contributed by atoms with Crippen molar-refractivity contribution in [1.29, 1.82) is 0 Å². The van der Waals surface area contributed by atoms with Gasteiger partial charge in [-0.1, -0.05) is 19.8 Å². The Labute approximate surface area is 144 Å². The second-order valence-corrected chi connectivity index (χ2v) is 7.83. The van der Waals surface area contributed by atoms with E-state index in [0.29, 0.717) is 26.4 Å². The Morgan fingerprint density at radius 1 is 0.875 bits per heavy atom. The Bertz CT molecular complexity index is 384. The van der Waals surface area contributed by atoms with Gasteiger partial charge in [-0.05, 0) is 6.42 Å². The zero-order chi connectivity index (χ0) is 17.1. The highest BCUT2D eigenvalue weighted by Crippen LogP contribution is 2.46. The van der Waals surface area contributed by atoms with Gasteiger partial charge < -0.3 is 29.2 Å². The molecule has 2 aliphatic heterocycles. The molecule has 3 rings (SSSR count). The Hall–Kier alpha value is -0.240. The van der Waals surface area contributed by atoms with E-state index in [1.165, 1.54) is 0 Å². The molecule has 24 heavy (non-hydrogen) atoms. The number of hydrogen-bond donors (Lipinski definition) is 2. The standard InChI is InChI=1S/C18H32O6/c1-2-3-4-16(12-20)13-23-18(24-14-16)7-5-17(6-8-18)21-10-15(9-19)11-22-17/h15,19-20H,2-14H2,1H3. The molecule has 0 aromatic carbocycles. The number of ether oxygens (including phenoxy) is 4. The van der Waals surface area contributed by atoms with Crippen molar-refractivity contribution in [2.45, 2.75) is 63.4 Å². The van der Waals surface area contributed by atoms with Crippen LogP contribution in [0, 0.1) is 11.3 Å². The summed E-state index contributed by atoms with van der Waals surface area (Å²) in [7, 11) is 0. The number of aliphatic hydroxyl groups is 2. The van der Waals surface area contributed by atoms with Crippen LogP contribution in [-0.4, -0.2) is 61.4 Å². The fourth-order valence-corrected chi connectivity index (χ4v) is 3.84. The average molecular weight is 344 g/mol. The predicted molar refractivity (Wildman–Crippen MR) is 87.4 cm³/mol. The number of rotatable bonds is 5. The van der Waals surface area contributed by atoms with Crippen molar-refractivity contribution in [2.24, 2.45) is 11.3 Å². The summed E-state index contributed by atoms with van der Waals surface area (Å²) >= 11 is 0. The zero-order valence-electron chi connectivity index (χ0n) is 14.8. The third-order valence-electron chi connectivity index (χ3n) is 5.87. The van der Waals surface area contributed by atoms with Crippen molar-refractivity contribution in [2.75, 3.05) is 39.6 Å². The highest BCUT2D eigenvalue weighted by molar-refractivity contribution is 4.92. The maximum Gasteiger partial charge on any atom is 0.168 e.